The van der Waals surface area contributed by atoms with Crippen LogP contribution in [0.2, 0.25) is 0 Å². The summed E-state index contributed by atoms with van der Waals surface area (Å²) in [6.07, 6.45) is -1.47. The van der Waals surface area contributed by atoms with Gasteiger partial charge in [-0.2, -0.15) is 4.31 Å². The highest BCUT2D eigenvalue weighted by Crippen LogP contribution is 2.37. The monoisotopic (exact) mass is 481 g/mol. The summed E-state index contributed by atoms with van der Waals surface area (Å²) in [5.74, 6) is -0.290. The normalized spacial score (nSPS) is 26.0. The Kier molecular flexibility index (Phi) is 4.22. The molecule has 3 fully saturated rings. The quantitative estimate of drug-likeness (QED) is 0.570. The Morgan fingerprint density at radius 1 is 1.03 bits per heavy atom. The van der Waals surface area contributed by atoms with Gasteiger partial charge in [0.25, 0.3) is 0 Å². The van der Waals surface area contributed by atoms with Gasteiger partial charge >= 0.3 is 0 Å². The van der Waals surface area contributed by atoms with E-state index in [0.717, 1.165) is 39.2 Å². The molecular formula is C26H27N3O4S. The molecule has 1 saturated carbocycles. The van der Waals surface area contributed by atoms with Crippen molar-refractivity contribution in [2.75, 3.05) is 26.2 Å². The van der Waals surface area contributed by atoms with Crippen LogP contribution in [0.3, 0.4) is 0 Å². The molecule has 3 aliphatic rings. The molecule has 0 radical (unpaired) electrons. The lowest BCUT2D eigenvalue weighted by Crippen LogP contribution is -2.59. The average molecular weight is 482 g/mol. The van der Waals surface area contributed by atoms with E-state index in [4.69, 9.17) is 10.2 Å². The summed E-state index contributed by atoms with van der Waals surface area (Å²) in [5.41, 5.74) is 0.522. The average Bonchev–Trinajstić information content (AvgIpc) is 3.73. The summed E-state index contributed by atoms with van der Waals surface area (Å²) in [5, 5.41) is 0.994. The van der Waals surface area contributed by atoms with Crippen molar-refractivity contribution < 1.29 is 23.4 Å². The van der Waals surface area contributed by atoms with Crippen molar-refractivity contribution in [2.24, 2.45) is 0 Å². The topological polar surface area (TPSA) is 79.8 Å². The number of carbonyl (C=O) groups excluding carboxylic acids is 1. The van der Waals surface area contributed by atoms with Crippen LogP contribution < -0.4 is 0 Å². The van der Waals surface area contributed by atoms with E-state index in [-0.39, 0.29) is 23.4 Å². The minimum atomic E-state index is -4.22. The third-order valence-electron chi connectivity index (χ3n) is 6.66. The Balaban J connectivity index is 1.27. The maximum Gasteiger partial charge on any atom is 0.248 e. The molecule has 0 atom stereocenters. The van der Waals surface area contributed by atoms with Gasteiger partial charge in [0.05, 0.1) is 22.6 Å². The summed E-state index contributed by atoms with van der Waals surface area (Å²) < 4.78 is 68.8. The molecule has 3 heterocycles. The van der Waals surface area contributed by atoms with Crippen molar-refractivity contribution in [3.05, 3.63) is 60.8 Å². The van der Waals surface area contributed by atoms with E-state index < -0.39 is 48.1 Å². The Morgan fingerprint density at radius 2 is 1.76 bits per heavy atom. The van der Waals surface area contributed by atoms with Crippen molar-refractivity contribution in [1.29, 1.82) is 0 Å². The Morgan fingerprint density at radius 3 is 2.50 bits per heavy atom. The summed E-state index contributed by atoms with van der Waals surface area (Å²) in [6.45, 7) is -1.83. The lowest BCUT2D eigenvalue weighted by Gasteiger charge is -2.46. The molecule has 1 aromatic heterocycles. The van der Waals surface area contributed by atoms with Crippen molar-refractivity contribution >= 4 is 26.8 Å². The second-order valence-electron chi connectivity index (χ2n) is 8.93. The Labute approximate surface area is 205 Å². The second-order valence-corrected chi connectivity index (χ2v) is 10.9. The molecule has 34 heavy (non-hydrogen) atoms. The van der Waals surface area contributed by atoms with Gasteiger partial charge < -0.3 is 9.64 Å². The van der Waals surface area contributed by atoms with Crippen LogP contribution in [0.4, 0.5) is 0 Å². The van der Waals surface area contributed by atoms with Crippen LogP contribution >= 0.6 is 0 Å². The standard InChI is InChI=1S/C26H27N3O4S/c30-25-17-33-26(18-29(25)22-7-8-22)11-14-28(15-12-26)34(31,32)23-9-5-19(6-10-23)21-4-3-20-2-1-13-27-24(20)16-21/h1-6,9-10,13,16,22H,7-8,11-12,14-15,17-18H2/i11D2,12D2. The van der Waals surface area contributed by atoms with E-state index in [2.05, 4.69) is 4.98 Å². The van der Waals surface area contributed by atoms with Gasteiger partial charge in [-0.3, -0.25) is 9.78 Å². The first-order valence-electron chi connectivity index (χ1n) is 13.3. The van der Waals surface area contributed by atoms with Gasteiger partial charge in [0.2, 0.25) is 15.9 Å². The number of rotatable bonds is 4. The number of carbonyl (C=O) groups is 1. The van der Waals surface area contributed by atoms with E-state index in [9.17, 15) is 13.2 Å². The van der Waals surface area contributed by atoms with E-state index in [1.54, 1.807) is 18.3 Å². The van der Waals surface area contributed by atoms with Crippen molar-refractivity contribution in [3.8, 4) is 11.1 Å². The third-order valence-corrected chi connectivity index (χ3v) is 8.46. The smallest absolute Gasteiger partial charge is 0.248 e. The SMILES string of the molecule is [2H]C1([2H])CN(S(=O)(=O)c2ccc(-c3ccc4cccnc4c3)cc2)CC([2H])([2H])C12CN(C1CC1)C(=O)CO2. The number of nitrogens with zero attached hydrogens (tertiary/aromatic N) is 3. The van der Waals surface area contributed by atoms with Crippen LogP contribution in [0, 0.1) is 0 Å². The fraction of sp³-hybridized carbons (Fsp3) is 0.385. The molecule has 176 valence electrons. The number of sulfonamides is 1. The van der Waals surface area contributed by atoms with Crippen LogP contribution in [0.5, 0.6) is 0 Å². The van der Waals surface area contributed by atoms with Gasteiger partial charge in [-0.05, 0) is 61.0 Å². The van der Waals surface area contributed by atoms with Crippen LogP contribution in [0.15, 0.2) is 65.7 Å². The van der Waals surface area contributed by atoms with Crippen LogP contribution in [-0.2, 0) is 19.6 Å². The van der Waals surface area contributed by atoms with E-state index in [0.29, 0.717) is 0 Å². The van der Waals surface area contributed by atoms with Crippen LogP contribution in [0.25, 0.3) is 22.0 Å². The van der Waals surface area contributed by atoms with Gasteiger partial charge in [0.1, 0.15) is 6.61 Å². The number of morpholine rings is 1. The van der Waals surface area contributed by atoms with Gasteiger partial charge in [-0.1, -0.05) is 30.3 Å². The molecule has 1 spiro atoms. The number of aromatic nitrogens is 1. The number of amides is 1. The van der Waals surface area contributed by atoms with Crippen molar-refractivity contribution in [2.45, 2.75) is 42.1 Å². The molecule has 0 unspecified atom stereocenters. The summed E-state index contributed by atoms with van der Waals surface area (Å²) >= 11 is 0. The van der Waals surface area contributed by atoms with E-state index in [1.807, 2.05) is 30.3 Å². The number of fused-ring (bicyclic) bond motifs is 1. The maximum atomic E-state index is 13.6. The minimum absolute atomic E-state index is 0.0338. The molecular weight excluding hydrogens is 450 g/mol. The van der Waals surface area contributed by atoms with Gasteiger partial charge in [0.15, 0.2) is 0 Å². The maximum absolute atomic E-state index is 13.6. The lowest BCUT2D eigenvalue weighted by atomic mass is 9.90. The molecule has 8 heteroatoms. The number of piperidine rings is 1. The predicted octanol–water partition coefficient (Wildman–Crippen LogP) is 3.45. The molecule has 2 aliphatic heterocycles. The molecule has 0 bridgehead atoms. The first-order valence-corrected chi connectivity index (χ1v) is 12.8. The van der Waals surface area contributed by atoms with Gasteiger partial charge in [-0.15, -0.1) is 0 Å². The fourth-order valence-corrected chi connectivity index (χ4v) is 5.76. The minimum Gasteiger partial charge on any atom is -0.363 e. The number of ether oxygens (including phenoxy) is 1. The number of benzene rings is 2. The second kappa shape index (κ2) is 8.15. The van der Waals surface area contributed by atoms with E-state index >= 15 is 0 Å². The highest BCUT2D eigenvalue weighted by Gasteiger charge is 2.47. The first kappa shape index (κ1) is 17.6. The van der Waals surface area contributed by atoms with E-state index in [1.165, 1.54) is 17.0 Å². The zero-order valence-corrected chi connectivity index (χ0v) is 19.3. The Hall–Kier alpha value is -2.81. The summed E-state index contributed by atoms with van der Waals surface area (Å²) in [7, 11) is -4.22. The molecule has 1 amide bonds. The third kappa shape index (κ3) is 3.89. The van der Waals surface area contributed by atoms with Gasteiger partial charge in [-0.25, -0.2) is 8.42 Å². The molecule has 3 aromatic rings. The van der Waals surface area contributed by atoms with Crippen molar-refractivity contribution in [1.82, 2.24) is 14.2 Å². The number of hydrogen-bond acceptors (Lipinski definition) is 5. The highest BCUT2D eigenvalue weighted by molar-refractivity contribution is 7.89. The molecule has 0 N–H and O–H groups in total. The number of pyridine rings is 1. The Bertz CT molecular complexity index is 1510. The van der Waals surface area contributed by atoms with Gasteiger partial charge in [0, 0.05) is 36.2 Å². The molecule has 2 aromatic carbocycles. The summed E-state index contributed by atoms with van der Waals surface area (Å²) in [4.78, 5) is 18.2. The highest BCUT2D eigenvalue weighted by atomic mass is 32.2. The van der Waals surface area contributed by atoms with Crippen LogP contribution in [-0.4, -0.2) is 66.4 Å². The lowest BCUT2D eigenvalue weighted by molar-refractivity contribution is -0.170. The largest absolute Gasteiger partial charge is 0.363 e. The molecule has 1 aliphatic carbocycles. The zero-order chi connectivity index (χ0) is 26.9. The van der Waals surface area contributed by atoms with Crippen LogP contribution in [0.1, 0.15) is 31.1 Å². The fourth-order valence-electron chi connectivity index (χ4n) is 4.51. The van der Waals surface area contributed by atoms with Crippen molar-refractivity contribution in [3.63, 3.8) is 0 Å². The molecule has 2 saturated heterocycles. The first-order chi connectivity index (χ1) is 17.9. The number of hydrogen-bond donors (Lipinski definition) is 0. The zero-order valence-electron chi connectivity index (χ0n) is 22.5. The summed E-state index contributed by atoms with van der Waals surface area (Å²) in [6, 6.07) is 15.8. The predicted molar refractivity (Wildman–Crippen MR) is 129 cm³/mol. The molecule has 6 rings (SSSR count). The molecule has 7 nitrogen and oxygen atoms in total.